The smallest absolute Gasteiger partial charge is 0.372 e. The van der Waals surface area contributed by atoms with Crippen molar-refractivity contribution in [3.05, 3.63) is 33.0 Å². The molecule has 0 amide bonds. The second-order valence-electron chi connectivity index (χ2n) is 4.19. The number of aromatic carboxylic acids is 1. The van der Waals surface area contributed by atoms with Gasteiger partial charge in [-0.1, -0.05) is 27.5 Å². The summed E-state index contributed by atoms with van der Waals surface area (Å²) in [5.41, 5.74) is 1.25. The van der Waals surface area contributed by atoms with Gasteiger partial charge in [-0.25, -0.2) is 4.79 Å². The van der Waals surface area contributed by atoms with E-state index in [1.165, 1.54) is 0 Å². The van der Waals surface area contributed by atoms with Gasteiger partial charge in [0, 0.05) is 15.4 Å². The van der Waals surface area contributed by atoms with E-state index in [0.717, 1.165) is 28.3 Å². The highest BCUT2D eigenvalue weighted by molar-refractivity contribution is 9.10. The first-order valence-corrected chi connectivity index (χ1v) is 6.39. The SMILES string of the molecule is O=C(O)c1oc2c(Cl)cc(Br)cc2c1C1CC1. The molecule has 1 aromatic carbocycles. The molecule has 0 bridgehead atoms. The highest BCUT2D eigenvalue weighted by atomic mass is 79.9. The van der Waals surface area contributed by atoms with Crippen molar-refractivity contribution in [2.75, 3.05) is 0 Å². The summed E-state index contributed by atoms with van der Waals surface area (Å²) in [6.07, 6.45) is 2.03. The summed E-state index contributed by atoms with van der Waals surface area (Å²) in [5.74, 6) is -0.703. The van der Waals surface area contributed by atoms with Crippen LogP contribution in [0.2, 0.25) is 5.02 Å². The molecule has 0 spiro atoms. The van der Waals surface area contributed by atoms with E-state index in [-0.39, 0.29) is 5.76 Å². The molecule has 0 atom stereocenters. The maximum atomic E-state index is 11.2. The zero-order chi connectivity index (χ0) is 12.2. The summed E-state index contributed by atoms with van der Waals surface area (Å²) in [5, 5.41) is 10.4. The van der Waals surface area contributed by atoms with Crippen LogP contribution in [0.5, 0.6) is 0 Å². The lowest BCUT2D eigenvalue weighted by molar-refractivity contribution is 0.0663. The molecule has 2 aromatic rings. The van der Waals surface area contributed by atoms with Gasteiger partial charge in [-0.05, 0) is 30.9 Å². The van der Waals surface area contributed by atoms with Gasteiger partial charge in [0.2, 0.25) is 5.76 Å². The Morgan fingerprint density at radius 2 is 2.18 bits per heavy atom. The average Bonchev–Trinajstić information content (AvgIpc) is 2.99. The van der Waals surface area contributed by atoms with Crippen LogP contribution in [0.3, 0.4) is 0 Å². The molecule has 3 rings (SSSR count). The molecule has 88 valence electrons. The fourth-order valence-electron chi connectivity index (χ4n) is 2.08. The van der Waals surface area contributed by atoms with E-state index < -0.39 is 5.97 Å². The third-order valence-electron chi connectivity index (χ3n) is 2.93. The van der Waals surface area contributed by atoms with Crippen molar-refractivity contribution in [1.82, 2.24) is 0 Å². The predicted molar refractivity (Wildman–Crippen MR) is 67.9 cm³/mol. The van der Waals surface area contributed by atoms with E-state index in [0.29, 0.717) is 16.5 Å². The van der Waals surface area contributed by atoms with Gasteiger partial charge >= 0.3 is 5.97 Å². The summed E-state index contributed by atoms with van der Waals surface area (Å²) in [6, 6.07) is 3.57. The number of halogens is 2. The lowest BCUT2D eigenvalue weighted by Gasteiger charge is -1.97. The maximum absolute atomic E-state index is 11.2. The fourth-order valence-corrected chi connectivity index (χ4v) is 2.93. The molecule has 5 heteroatoms. The third-order valence-corrected chi connectivity index (χ3v) is 3.67. The van der Waals surface area contributed by atoms with E-state index in [2.05, 4.69) is 15.9 Å². The number of carboxylic acid groups (broad SMARTS) is 1. The zero-order valence-corrected chi connectivity index (χ0v) is 11.0. The van der Waals surface area contributed by atoms with Crippen molar-refractivity contribution in [2.24, 2.45) is 0 Å². The highest BCUT2D eigenvalue weighted by Crippen LogP contribution is 2.47. The Labute approximate surface area is 110 Å². The quantitative estimate of drug-likeness (QED) is 0.892. The maximum Gasteiger partial charge on any atom is 0.372 e. The van der Waals surface area contributed by atoms with Crippen molar-refractivity contribution in [3.63, 3.8) is 0 Å². The molecule has 0 radical (unpaired) electrons. The molecular formula is C12H8BrClO3. The molecule has 1 saturated carbocycles. The summed E-state index contributed by atoms with van der Waals surface area (Å²) >= 11 is 9.42. The van der Waals surface area contributed by atoms with Crippen LogP contribution < -0.4 is 0 Å². The Morgan fingerprint density at radius 1 is 1.47 bits per heavy atom. The summed E-state index contributed by atoms with van der Waals surface area (Å²) in [4.78, 5) is 11.2. The van der Waals surface area contributed by atoms with Crippen molar-refractivity contribution in [3.8, 4) is 0 Å². The molecule has 1 aromatic heterocycles. The first kappa shape index (κ1) is 11.1. The number of fused-ring (bicyclic) bond motifs is 1. The minimum atomic E-state index is -1.03. The largest absolute Gasteiger partial charge is 0.475 e. The van der Waals surface area contributed by atoms with Crippen LogP contribution in [0.1, 0.15) is 34.9 Å². The summed E-state index contributed by atoms with van der Waals surface area (Å²) < 4.78 is 6.22. The number of carbonyl (C=O) groups is 1. The van der Waals surface area contributed by atoms with Gasteiger partial charge in [-0.3, -0.25) is 0 Å². The Kier molecular flexibility index (Phi) is 2.45. The molecule has 1 fully saturated rings. The molecular weight excluding hydrogens is 307 g/mol. The van der Waals surface area contributed by atoms with Gasteiger partial charge in [0.1, 0.15) is 0 Å². The second-order valence-corrected chi connectivity index (χ2v) is 5.51. The first-order chi connectivity index (χ1) is 8.08. The highest BCUT2D eigenvalue weighted by Gasteiger charge is 2.34. The summed E-state index contributed by atoms with van der Waals surface area (Å²) in [7, 11) is 0. The predicted octanol–water partition coefficient (Wildman–Crippen LogP) is 4.42. The minimum Gasteiger partial charge on any atom is -0.475 e. The van der Waals surface area contributed by atoms with Crippen LogP contribution in [0, 0.1) is 0 Å². The van der Waals surface area contributed by atoms with Crippen molar-refractivity contribution < 1.29 is 14.3 Å². The van der Waals surface area contributed by atoms with E-state index in [9.17, 15) is 4.79 Å². The lowest BCUT2D eigenvalue weighted by atomic mass is 10.1. The van der Waals surface area contributed by atoms with Gasteiger partial charge in [-0.15, -0.1) is 0 Å². The third kappa shape index (κ3) is 1.76. The normalized spacial score (nSPS) is 15.4. The number of benzene rings is 1. The number of carboxylic acids is 1. The zero-order valence-electron chi connectivity index (χ0n) is 8.67. The van der Waals surface area contributed by atoms with Crippen LogP contribution in [0.4, 0.5) is 0 Å². The molecule has 17 heavy (non-hydrogen) atoms. The van der Waals surface area contributed by atoms with Gasteiger partial charge < -0.3 is 9.52 Å². The van der Waals surface area contributed by atoms with Crippen LogP contribution in [0.25, 0.3) is 11.0 Å². The van der Waals surface area contributed by atoms with E-state index in [1.807, 2.05) is 6.07 Å². The monoisotopic (exact) mass is 314 g/mol. The number of rotatable bonds is 2. The summed E-state index contributed by atoms with van der Waals surface area (Å²) in [6.45, 7) is 0. The second kappa shape index (κ2) is 3.75. The number of furan rings is 1. The minimum absolute atomic E-state index is 0.0301. The fraction of sp³-hybridized carbons (Fsp3) is 0.250. The van der Waals surface area contributed by atoms with Crippen molar-refractivity contribution in [2.45, 2.75) is 18.8 Å². The van der Waals surface area contributed by atoms with E-state index in [4.69, 9.17) is 21.1 Å². The van der Waals surface area contributed by atoms with Gasteiger partial charge in [0.05, 0.1) is 5.02 Å². The van der Waals surface area contributed by atoms with Crippen LogP contribution in [-0.2, 0) is 0 Å². The van der Waals surface area contributed by atoms with Gasteiger partial charge in [0.25, 0.3) is 0 Å². The molecule has 3 nitrogen and oxygen atoms in total. The molecule has 1 aliphatic rings. The molecule has 0 aliphatic heterocycles. The number of hydrogen-bond acceptors (Lipinski definition) is 2. The molecule has 0 saturated heterocycles. The Morgan fingerprint density at radius 3 is 2.76 bits per heavy atom. The van der Waals surface area contributed by atoms with E-state index in [1.54, 1.807) is 6.07 Å². The average molecular weight is 316 g/mol. The van der Waals surface area contributed by atoms with Crippen molar-refractivity contribution >= 4 is 44.5 Å². The van der Waals surface area contributed by atoms with Crippen LogP contribution >= 0.6 is 27.5 Å². The molecule has 1 N–H and O–H groups in total. The Bertz CT molecular complexity index is 628. The van der Waals surface area contributed by atoms with Crippen LogP contribution in [0.15, 0.2) is 21.0 Å². The van der Waals surface area contributed by atoms with Gasteiger partial charge in [-0.2, -0.15) is 0 Å². The molecule has 0 unspecified atom stereocenters. The standard InChI is InChI=1S/C12H8BrClO3/c13-6-3-7-9(5-1-2-5)11(12(15)16)17-10(7)8(14)4-6/h3-5H,1-2H2,(H,15,16). The lowest BCUT2D eigenvalue weighted by Crippen LogP contribution is -1.97. The molecule has 1 heterocycles. The Hall–Kier alpha value is -1.00. The molecule has 1 aliphatic carbocycles. The topological polar surface area (TPSA) is 50.4 Å². The number of hydrogen-bond donors (Lipinski definition) is 1. The van der Waals surface area contributed by atoms with Gasteiger partial charge in [0.15, 0.2) is 5.58 Å². The Balaban J connectivity index is 2.38. The van der Waals surface area contributed by atoms with E-state index >= 15 is 0 Å². The first-order valence-electron chi connectivity index (χ1n) is 5.22. The van der Waals surface area contributed by atoms with Crippen LogP contribution in [-0.4, -0.2) is 11.1 Å². The van der Waals surface area contributed by atoms with Crippen molar-refractivity contribution in [1.29, 1.82) is 0 Å².